The van der Waals surface area contributed by atoms with Crippen LogP contribution in [0.15, 0.2) is 78.9 Å². The van der Waals surface area contributed by atoms with Gasteiger partial charge < -0.3 is 5.11 Å². The van der Waals surface area contributed by atoms with Gasteiger partial charge in [-0.3, -0.25) is 9.69 Å². The smallest absolute Gasteiger partial charge is 0.162 e. The number of aliphatic hydroxyl groups is 1. The number of rotatable bonds is 9. The van der Waals surface area contributed by atoms with Gasteiger partial charge in [-0.1, -0.05) is 54.1 Å². The van der Waals surface area contributed by atoms with E-state index in [-0.39, 0.29) is 17.6 Å². The molecule has 1 saturated heterocycles. The van der Waals surface area contributed by atoms with E-state index in [0.29, 0.717) is 29.8 Å². The van der Waals surface area contributed by atoms with Crippen molar-refractivity contribution in [2.75, 3.05) is 13.1 Å². The van der Waals surface area contributed by atoms with Gasteiger partial charge in [-0.15, -0.1) is 0 Å². The molecule has 1 fully saturated rings. The summed E-state index contributed by atoms with van der Waals surface area (Å²) >= 11 is 6.06. The van der Waals surface area contributed by atoms with Gasteiger partial charge in [0.05, 0.1) is 5.60 Å². The van der Waals surface area contributed by atoms with Crippen molar-refractivity contribution >= 4 is 17.4 Å². The van der Waals surface area contributed by atoms with E-state index in [9.17, 15) is 14.3 Å². The second-order valence-electron chi connectivity index (χ2n) is 9.24. The van der Waals surface area contributed by atoms with Crippen LogP contribution in [0.1, 0.15) is 53.6 Å². The Hall–Kier alpha value is -2.53. The van der Waals surface area contributed by atoms with Gasteiger partial charge in [0.15, 0.2) is 5.78 Å². The Morgan fingerprint density at radius 2 is 1.74 bits per heavy atom. The molecular formula is C29H31ClFNO2. The van der Waals surface area contributed by atoms with Crippen LogP contribution in [0.3, 0.4) is 0 Å². The molecule has 178 valence electrons. The second-order valence-corrected chi connectivity index (χ2v) is 9.68. The summed E-state index contributed by atoms with van der Waals surface area (Å²) < 4.78 is 13.2. The molecule has 3 aromatic carbocycles. The van der Waals surface area contributed by atoms with Crippen LogP contribution in [0.5, 0.6) is 0 Å². The van der Waals surface area contributed by atoms with Crippen molar-refractivity contribution < 1.29 is 14.3 Å². The fraction of sp³-hybridized carbons (Fsp3) is 0.345. The summed E-state index contributed by atoms with van der Waals surface area (Å²) in [4.78, 5) is 15.0. The van der Waals surface area contributed by atoms with Gasteiger partial charge in [-0.2, -0.15) is 0 Å². The Morgan fingerprint density at radius 1 is 1.03 bits per heavy atom. The highest BCUT2D eigenvalue weighted by Gasteiger charge is 2.39. The monoisotopic (exact) mass is 479 g/mol. The molecule has 0 saturated carbocycles. The highest BCUT2D eigenvalue weighted by atomic mass is 35.5. The number of carbonyl (C=O) groups excluding carboxylic acids is 1. The third kappa shape index (κ3) is 6.32. The van der Waals surface area contributed by atoms with E-state index in [0.717, 1.165) is 37.9 Å². The van der Waals surface area contributed by atoms with Gasteiger partial charge in [0, 0.05) is 36.1 Å². The molecule has 0 radical (unpaired) electrons. The van der Waals surface area contributed by atoms with Crippen molar-refractivity contribution in [3.05, 3.63) is 106 Å². The zero-order chi connectivity index (χ0) is 24.0. The lowest BCUT2D eigenvalue weighted by Crippen LogP contribution is -2.49. The average Bonchev–Trinajstić information content (AvgIpc) is 2.85. The first-order valence-corrected chi connectivity index (χ1v) is 12.4. The van der Waals surface area contributed by atoms with Crippen LogP contribution < -0.4 is 0 Å². The lowest BCUT2D eigenvalue weighted by atomic mass is 9.79. The zero-order valence-electron chi connectivity index (χ0n) is 19.3. The molecule has 5 heteroatoms. The molecule has 4 rings (SSSR count). The summed E-state index contributed by atoms with van der Waals surface area (Å²) in [6.45, 7) is 1.71. The summed E-state index contributed by atoms with van der Waals surface area (Å²) in [5.41, 5.74) is 1.83. The van der Waals surface area contributed by atoms with Crippen LogP contribution in [-0.4, -0.2) is 34.9 Å². The fourth-order valence-electron chi connectivity index (χ4n) is 4.93. The molecule has 1 aliphatic heterocycles. The summed E-state index contributed by atoms with van der Waals surface area (Å²) in [6.07, 6.45) is 4.18. The van der Waals surface area contributed by atoms with Crippen molar-refractivity contribution in [1.82, 2.24) is 4.90 Å². The zero-order valence-corrected chi connectivity index (χ0v) is 20.1. The van der Waals surface area contributed by atoms with Crippen LogP contribution >= 0.6 is 11.6 Å². The maximum Gasteiger partial charge on any atom is 0.162 e. The van der Waals surface area contributed by atoms with Crippen LogP contribution in [0.4, 0.5) is 4.39 Å². The van der Waals surface area contributed by atoms with Gasteiger partial charge >= 0.3 is 0 Å². The fourth-order valence-corrected chi connectivity index (χ4v) is 5.06. The number of hydrogen-bond donors (Lipinski definition) is 1. The predicted molar refractivity (Wildman–Crippen MR) is 135 cm³/mol. The van der Waals surface area contributed by atoms with E-state index in [2.05, 4.69) is 29.2 Å². The second kappa shape index (κ2) is 11.3. The molecular weight excluding hydrogens is 449 g/mol. The van der Waals surface area contributed by atoms with Crippen LogP contribution in [0.2, 0.25) is 5.02 Å². The van der Waals surface area contributed by atoms with E-state index >= 15 is 0 Å². The first-order chi connectivity index (χ1) is 16.4. The topological polar surface area (TPSA) is 40.5 Å². The number of ketones is 1. The normalized spacial score (nSPS) is 20.9. The van der Waals surface area contributed by atoms with E-state index in [4.69, 9.17) is 11.6 Å². The maximum absolute atomic E-state index is 13.2. The van der Waals surface area contributed by atoms with Crippen molar-refractivity contribution in [1.29, 1.82) is 0 Å². The molecule has 1 N–H and O–H groups in total. The Kier molecular flexibility index (Phi) is 8.15. The van der Waals surface area contributed by atoms with E-state index < -0.39 is 5.60 Å². The number of nitrogens with zero attached hydrogens (tertiary/aromatic N) is 1. The number of Topliss-reactive ketones (excluding diaryl/α,β-unsaturated/α-hetero) is 1. The third-order valence-electron chi connectivity index (χ3n) is 6.92. The number of piperidine rings is 1. The number of halogens is 2. The van der Waals surface area contributed by atoms with E-state index in [1.165, 1.54) is 17.7 Å². The molecule has 0 bridgehead atoms. The number of benzene rings is 3. The quantitative estimate of drug-likeness (QED) is 0.359. The molecule has 3 aromatic rings. The highest BCUT2D eigenvalue weighted by molar-refractivity contribution is 6.30. The van der Waals surface area contributed by atoms with Crippen LogP contribution in [0, 0.1) is 5.82 Å². The molecule has 2 unspecified atom stereocenters. The Morgan fingerprint density at radius 3 is 2.44 bits per heavy atom. The molecule has 34 heavy (non-hydrogen) atoms. The first-order valence-electron chi connectivity index (χ1n) is 12.0. The lowest BCUT2D eigenvalue weighted by molar-refractivity contribution is -0.0537. The first kappa shape index (κ1) is 24.6. The molecule has 0 amide bonds. The number of carbonyl (C=O) groups is 1. The number of hydrogen-bond acceptors (Lipinski definition) is 3. The van der Waals surface area contributed by atoms with Crippen LogP contribution in [-0.2, 0) is 12.0 Å². The largest absolute Gasteiger partial charge is 0.385 e. The van der Waals surface area contributed by atoms with Crippen molar-refractivity contribution in [2.45, 2.75) is 50.2 Å². The summed E-state index contributed by atoms with van der Waals surface area (Å²) in [5, 5.41) is 12.2. The minimum Gasteiger partial charge on any atom is -0.385 e. The van der Waals surface area contributed by atoms with E-state index in [1.54, 1.807) is 12.1 Å². The maximum atomic E-state index is 13.2. The molecule has 0 aliphatic carbocycles. The Balaban J connectivity index is 1.42. The van der Waals surface area contributed by atoms with Gasteiger partial charge in [0.1, 0.15) is 5.82 Å². The highest BCUT2D eigenvalue weighted by Crippen LogP contribution is 2.38. The third-order valence-corrected chi connectivity index (χ3v) is 7.17. The molecule has 0 spiro atoms. The average molecular weight is 480 g/mol. The SMILES string of the molecule is O=C(CCCC1CC(O)(c2ccc(Cl)cc2)CCN1CCc1ccccc1)c1ccc(F)cc1. The molecule has 1 heterocycles. The van der Waals surface area contributed by atoms with Gasteiger partial charge in [-0.05, 0) is 79.6 Å². The number of likely N-dealkylation sites (tertiary alicyclic amines) is 1. The lowest BCUT2D eigenvalue weighted by Gasteiger charge is -2.44. The van der Waals surface area contributed by atoms with Crippen molar-refractivity contribution in [2.24, 2.45) is 0 Å². The van der Waals surface area contributed by atoms with E-state index in [1.807, 2.05) is 30.3 Å². The minimum absolute atomic E-state index is 0.0274. The molecule has 1 aliphatic rings. The predicted octanol–water partition coefficient (Wildman–Crippen LogP) is 6.43. The van der Waals surface area contributed by atoms with Crippen molar-refractivity contribution in [3.8, 4) is 0 Å². The summed E-state index contributed by atoms with van der Waals surface area (Å²) in [5.74, 6) is -0.311. The summed E-state index contributed by atoms with van der Waals surface area (Å²) in [6, 6.07) is 23.8. The Bertz CT molecular complexity index is 1070. The molecule has 3 nitrogen and oxygen atoms in total. The van der Waals surface area contributed by atoms with Crippen molar-refractivity contribution in [3.63, 3.8) is 0 Å². The Labute approximate surface area is 206 Å². The van der Waals surface area contributed by atoms with Gasteiger partial charge in [-0.25, -0.2) is 4.39 Å². The standard InChI is InChI=1S/C29H31ClFNO2/c30-25-13-11-24(12-14-25)29(34)18-20-32(19-17-22-5-2-1-3-6-22)27(21-29)7-4-8-28(33)23-9-15-26(31)16-10-23/h1-3,5-6,9-16,27,34H,4,7-8,17-21H2. The molecule has 0 aromatic heterocycles. The molecule has 2 atom stereocenters. The van der Waals surface area contributed by atoms with Gasteiger partial charge in [0.25, 0.3) is 0 Å². The summed E-state index contributed by atoms with van der Waals surface area (Å²) in [7, 11) is 0. The van der Waals surface area contributed by atoms with Crippen LogP contribution in [0.25, 0.3) is 0 Å². The minimum atomic E-state index is -0.903. The van der Waals surface area contributed by atoms with Gasteiger partial charge in [0.2, 0.25) is 0 Å².